The molecule has 0 saturated carbocycles. The summed E-state index contributed by atoms with van der Waals surface area (Å²) >= 11 is 0. The van der Waals surface area contributed by atoms with Gasteiger partial charge in [0.25, 0.3) is 20.1 Å². The first kappa shape index (κ1) is 29.2. The van der Waals surface area contributed by atoms with E-state index < -0.39 is 32.1 Å². The first-order valence-electron chi connectivity index (χ1n) is 12.0. The minimum Gasteiger partial charge on any atom is -0.325 e. The number of nitriles is 1. The third kappa shape index (κ3) is 7.84. The minimum atomic E-state index is -4.02. The SMILES string of the molecule is Cc1ccc(S(=O)(=O)O)cc1.N#C[C@@H]1CCCN1C(=O)[C@@H]1C[C@H](CC(=O)NS(=O)(=O)c2ccccc2)CN1. The molecule has 2 saturated heterocycles. The van der Waals surface area contributed by atoms with E-state index >= 15 is 0 Å². The molecular weight excluding hydrogens is 532 g/mol. The lowest BCUT2D eigenvalue weighted by molar-refractivity contribution is -0.133. The molecule has 2 heterocycles. The third-order valence-electron chi connectivity index (χ3n) is 6.30. The van der Waals surface area contributed by atoms with Crippen molar-refractivity contribution >= 4 is 32.0 Å². The summed E-state index contributed by atoms with van der Waals surface area (Å²) < 4.78 is 56.0. The van der Waals surface area contributed by atoms with Crippen LogP contribution in [0.3, 0.4) is 0 Å². The molecule has 2 aromatic rings. The van der Waals surface area contributed by atoms with Crippen LogP contribution in [0.4, 0.5) is 0 Å². The first-order valence-corrected chi connectivity index (χ1v) is 14.9. The van der Waals surface area contributed by atoms with Crippen LogP contribution in [0.25, 0.3) is 0 Å². The summed E-state index contributed by atoms with van der Waals surface area (Å²) in [5.41, 5.74) is 0.956. The fourth-order valence-corrected chi connectivity index (χ4v) is 5.84. The largest absolute Gasteiger partial charge is 0.325 e. The zero-order valence-electron chi connectivity index (χ0n) is 20.8. The van der Waals surface area contributed by atoms with Gasteiger partial charge in [0.1, 0.15) is 6.04 Å². The summed E-state index contributed by atoms with van der Waals surface area (Å²) in [4.78, 5) is 26.3. The van der Waals surface area contributed by atoms with Crippen molar-refractivity contribution in [1.82, 2.24) is 14.9 Å². The molecule has 0 aliphatic carbocycles. The fourth-order valence-electron chi connectivity index (χ4n) is 4.34. The molecule has 0 unspecified atom stereocenters. The molecule has 2 amide bonds. The Morgan fingerprint density at radius 1 is 1.08 bits per heavy atom. The number of benzene rings is 2. The van der Waals surface area contributed by atoms with Gasteiger partial charge in [0.05, 0.1) is 21.9 Å². The minimum absolute atomic E-state index is 0.0184. The molecular formula is C25H30N4O7S2. The topological polar surface area (TPSA) is 174 Å². The van der Waals surface area contributed by atoms with Crippen molar-refractivity contribution in [3.05, 3.63) is 60.2 Å². The lowest BCUT2D eigenvalue weighted by Crippen LogP contribution is -2.45. The lowest BCUT2D eigenvalue weighted by Gasteiger charge is -2.23. The van der Waals surface area contributed by atoms with E-state index in [1.165, 1.54) is 24.3 Å². The third-order valence-corrected chi connectivity index (χ3v) is 8.56. The van der Waals surface area contributed by atoms with E-state index in [9.17, 15) is 26.4 Å². The van der Waals surface area contributed by atoms with Gasteiger partial charge >= 0.3 is 0 Å². The molecule has 4 rings (SSSR count). The van der Waals surface area contributed by atoms with Crippen LogP contribution in [-0.2, 0) is 29.7 Å². The van der Waals surface area contributed by atoms with Gasteiger partial charge in [-0.2, -0.15) is 13.7 Å². The van der Waals surface area contributed by atoms with Crippen molar-refractivity contribution in [2.24, 2.45) is 5.92 Å². The van der Waals surface area contributed by atoms with Gasteiger partial charge in [-0.1, -0.05) is 35.9 Å². The number of nitrogens with one attached hydrogen (secondary N) is 2. The molecule has 3 atom stereocenters. The summed E-state index contributed by atoms with van der Waals surface area (Å²) in [5, 5.41) is 12.2. The first-order chi connectivity index (χ1) is 17.9. The number of likely N-dealkylation sites (tertiary alicyclic amines) is 1. The van der Waals surface area contributed by atoms with E-state index in [1.54, 1.807) is 35.2 Å². The van der Waals surface area contributed by atoms with Crippen molar-refractivity contribution in [2.45, 2.75) is 54.5 Å². The zero-order chi connectivity index (χ0) is 27.9. The maximum absolute atomic E-state index is 12.6. The monoisotopic (exact) mass is 562 g/mol. The fraction of sp³-hybridized carbons (Fsp3) is 0.400. The Morgan fingerprint density at radius 2 is 1.74 bits per heavy atom. The molecule has 2 aliphatic heterocycles. The molecule has 2 aliphatic rings. The normalized spacial score (nSPS) is 21.2. The molecule has 204 valence electrons. The number of nitrogens with zero attached hydrogens (tertiary/aromatic N) is 2. The molecule has 0 spiro atoms. The summed E-state index contributed by atoms with van der Waals surface area (Å²) in [6.07, 6.45) is 1.98. The van der Waals surface area contributed by atoms with Crippen molar-refractivity contribution < 1.29 is 31.0 Å². The zero-order valence-corrected chi connectivity index (χ0v) is 22.4. The molecule has 0 bridgehead atoms. The van der Waals surface area contributed by atoms with Crippen molar-refractivity contribution in [3.8, 4) is 6.07 Å². The molecule has 3 N–H and O–H groups in total. The van der Waals surface area contributed by atoms with Crippen LogP contribution in [0.15, 0.2) is 64.4 Å². The van der Waals surface area contributed by atoms with Gasteiger partial charge in [-0.05, 0) is 62.9 Å². The van der Waals surface area contributed by atoms with Gasteiger partial charge < -0.3 is 10.2 Å². The number of carbonyl (C=O) groups excluding carboxylic acids is 2. The Morgan fingerprint density at radius 3 is 2.34 bits per heavy atom. The van der Waals surface area contributed by atoms with Crippen LogP contribution in [0.1, 0.15) is 31.2 Å². The van der Waals surface area contributed by atoms with Gasteiger partial charge in [0.2, 0.25) is 11.8 Å². The van der Waals surface area contributed by atoms with Crippen LogP contribution in [0, 0.1) is 24.2 Å². The summed E-state index contributed by atoms with van der Waals surface area (Å²) in [5.74, 6) is -0.832. The average Bonchev–Trinajstić information content (AvgIpc) is 3.53. The predicted molar refractivity (Wildman–Crippen MR) is 138 cm³/mol. The number of hydrogen-bond acceptors (Lipinski definition) is 8. The second-order valence-corrected chi connectivity index (χ2v) is 12.3. The Balaban J connectivity index is 0.000000304. The van der Waals surface area contributed by atoms with Crippen LogP contribution < -0.4 is 10.0 Å². The molecule has 0 aromatic heterocycles. The maximum Gasteiger partial charge on any atom is 0.294 e. The predicted octanol–water partition coefficient (Wildman–Crippen LogP) is 1.62. The smallest absolute Gasteiger partial charge is 0.294 e. The van der Waals surface area contributed by atoms with Gasteiger partial charge in [0, 0.05) is 13.0 Å². The highest BCUT2D eigenvalue weighted by Gasteiger charge is 2.37. The Labute approximate surface area is 222 Å². The highest BCUT2D eigenvalue weighted by molar-refractivity contribution is 7.90. The van der Waals surface area contributed by atoms with Crippen molar-refractivity contribution in [2.75, 3.05) is 13.1 Å². The van der Waals surface area contributed by atoms with E-state index in [0.29, 0.717) is 25.9 Å². The Kier molecular flexibility index (Phi) is 9.61. The number of hydrogen-bond donors (Lipinski definition) is 3. The lowest BCUT2D eigenvalue weighted by atomic mass is 10.0. The maximum atomic E-state index is 12.6. The highest BCUT2D eigenvalue weighted by atomic mass is 32.2. The Bertz CT molecular complexity index is 1390. The van der Waals surface area contributed by atoms with Crippen molar-refractivity contribution in [1.29, 1.82) is 5.26 Å². The molecule has 13 heteroatoms. The number of rotatable bonds is 6. The number of sulfonamides is 1. The van der Waals surface area contributed by atoms with Crippen molar-refractivity contribution in [3.63, 3.8) is 0 Å². The van der Waals surface area contributed by atoms with Crippen LogP contribution in [0.2, 0.25) is 0 Å². The highest BCUT2D eigenvalue weighted by Crippen LogP contribution is 2.24. The van der Waals surface area contributed by atoms with Crippen LogP contribution in [0.5, 0.6) is 0 Å². The summed E-state index contributed by atoms with van der Waals surface area (Å²) in [6, 6.07) is 15.0. The van der Waals surface area contributed by atoms with Crippen LogP contribution >= 0.6 is 0 Å². The molecule has 2 aromatic carbocycles. The summed E-state index contributed by atoms with van der Waals surface area (Å²) in [7, 11) is -7.91. The Hall–Kier alpha value is -3.31. The second kappa shape index (κ2) is 12.5. The molecule has 0 radical (unpaired) electrons. The van der Waals surface area contributed by atoms with E-state index in [-0.39, 0.29) is 34.1 Å². The number of carbonyl (C=O) groups is 2. The molecule has 11 nitrogen and oxygen atoms in total. The molecule has 38 heavy (non-hydrogen) atoms. The van der Waals surface area contributed by atoms with Gasteiger partial charge in [-0.15, -0.1) is 0 Å². The number of amides is 2. The van der Waals surface area contributed by atoms with Gasteiger partial charge in [0.15, 0.2) is 0 Å². The van der Waals surface area contributed by atoms with Gasteiger partial charge in [-0.3, -0.25) is 14.1 Å². The van der Waals surface area contributed by atoms with E-state index in [1.807, 2.05) is 6.92 Å². The number of aryl methyl sites for hydroxylation is 1. The van der Waals surface area contributed by atoms with E-state index in [2.05, 4.69) is 16.1 Å². The average molecular weight is 563 g/mol. The standard InChI is InChI=1S/C18H22N4O4S.C7H8O3S/c19-11-14-5-4-8-22(14)18(24)16-9-13(12-20-16)10-17(23)21-27(25,26)15-6-2-1-3-7-15;1-6-2-4-7(5-3-6)11(8,9)10/h1-3,6-7,13-14,16,20H,4-5,8-10,12H2,(H,21,23);2-5H,1H3,(H,8,9,10)/t13-,14+,16+;/m1./s1. The van der Waals surface area contributed by atoms with Crippen LogP contribution in [-0.4, -0.2) is 63.3 Å². The second-order valence-electron chi connectivity index (χ2n) is 9.22. The molecule has 2 fully saturated rings. The van der Waals surface area contributed by atoms with E-state index in [0.717, 1.165) is 12.0 Å². The van der Waals surface area contributed by atoms with Gasteiger partial charge in [-0.25, -0.2) is 13.1 Å². The summed E-state index contributed by atoms with van der Waals surface area (Å²) in [6.45, 7) is 2.88. The quantitative estimate of drug-likeness (QED) is 0.442. The van der Waals surface area contributed by atoms with E-state index in [4.69, 9.17) is 9.81 Å².